The number of nitrogens with one attached hydrogen (secondary N) is 1. The molecule has 0 saturated carbocycles. The molecule has 1 amide bonds. The number of carbonyl (C=O) groups is 2. The zero-order chi connectivity index (χ0) is 20.9. The Bertz CT molecular complexity index is 976. The van der Waals surface area contributed by atoms with Crippen LogP contribution in [0.3, 0.4) is 0 Å². The minimum atomic E-state index is -4.14. The molecular formula is C19H21ClN2O5S. The molecule has 0 spiro atoms. The molecule has 1 N–H and O–H groups in total. The number of halogens is 1. The Kier molecular flexibility index (Phi) is 7.04. The van der Waals surface area contributed by atoms with Gasteiger partial charge in [0.05, 0.1) is 16.7 Å². The Morgan fingerprint density at radius 2 is 1.82 bits per heavy atom. The molecule has 2 aromatic rings. The number of sulfonamides is 1. The molecular weight excluding hydrogens is 404 g/mol. The van der Waals surface area contributed by atoms with E-state index in [0.29, 0.717) is 10.7 Å². The number of hydrogen-bond acceptors (Lipinski definition) is 5. The summed E-state index contributed by atoms with van der Waals surface area (Å²) in [5.41, 5.74) is 0.544. The van der Waals surface area contributed by atoms with E-state index < -0.39 is 22.5 Å². The van der Waals surface area contributed by atoms with Crippen LogP contribution >= 0.6 is 11.6 Å². The highest BCUT2D eigenvalue weighted by Crippen LogP contribution is 2.27. The molecule has 0 bridgehead atoms. The first kappa shape index (κ1) is 21.7. The van der Waals surface area contributed by atoms with E-state index in [1.807, 2.05) is 0 Å². The average molecular weight is 425 g/mol. The topological polar surface area (TPSA) is 92.8 Å². The van der Waals surface area contributed by atoms with E-state index in [-0.39, 0.29) is 22.6 Å². The molecule has 2 aromatic carbocycles. The summed E-state index contributed by atoms with van der Waals surface area (Å²) in [7, 11) is -4.14. The van der Waals surface area contributed by atoms with Gasteiger partial charge in [0.15, 0.2) is 0 Å². The van der Waals surface area contributed by atoms with Gasteiger partial charge in [-0.25, -0.2) is 8.42 Å². The fourth-order valence-electron chi connectivity index (χ4n) is 2.43. The maximum atomic E-state index is 13.3. The van der Waals surface area contributed by atoms with E-state index in [1.54, 1.807) is 32.0 Å². The molecule has 0 aliphatic rings. The van der Waals surface area contributed by atoms with Gasteiger partial charge in [-0.2, -0.15) is 0 Å². The summed E-state index contributed by atoms with van der Waals surface area (Å²) in [6.45, 7) is 4.15. The van der Waals surface area contributed by atoms with Crippen molar-refractivity contribution in [2.24, 2.45) is 0 Å². The van der Waals surface area contributed by atoms with Crippen LogP contribution in [0.4, 0.5) is 11.4 Å². The maximum Gasteiger partial charge on any atom is 0.327 e. The Labute approximate surface area is 169 Å². The van der Waals surface area contributed by atoms with Crippen molar-refractivity contribution in [3.05, 3.63) is 53.6 Å². The lowest BCUT2D eigenvalue weighted by molar-refractivity contribution is -0.145. The molecule has 0 unspecified atom stereocenters. The number of ether oxygens (including phenoxy) is 1. The Hall–Kier alpha value is -2.58. The molecule has 0 heterocycles. The SMILES string of the molecule is CC(=O)Nc1cccc(S(=O)(=O)N(CC(=O)OC(C)C)c2cccc(Cl)c2)c1. The standard InChI is InChI=1S/C19H21ClN2O5S/c1-13(2)27-19(24)12-22(17-8-4-6-15(20)10-17)28(25,26)18-9-5-7-16(11-18)21-14(3)23/h4-11,13H,12H2,1-3H3,(H,21,23). The van der Waals surface area contributed by atoms with Crippen LogP contribution in [0.15, 0.2) is 53.4 Å². The first-order valence-corrected chi connectivity index (χ1v) is 10.3. The smallest absolute Gasteiger partial charge is 0.327 e. The molecule has 28 heavy (non-hydrogen) atoms. The van der Waals surface area contributed by atoms with Gasteiger partial charge in [0, 0.05) is 17.6 Å². The second-order valence-electron chi connectivity index (χ2n) is 6.24. The van der Waals surface area contributed by atoms with E-state index in [2.05, 4.69) is 5.32 Å². The molecule has 150 valence electrons. The van der Waals surface area contributed by atoms with Crippen molar-refractivity contribution in [2.45, 2.75) is 31.8 Å². The van der Waals surface area contributed by atoms with Crippen LogP contribution in [0.5, 0.6) is 0 Å². The second-order valence-corrected chi connectivity index (χ2v) is 8.54. The zero-order valence-corrected chi connectivity index (χ0v) is 17.3. The van der Waals surface area contributed by atoms with Gasteiger partial charge in [-0.3, -0.25) is 13.9 Å². The molecule has 0 aliphatic heterocycles. The zero-order valence-electron chi connectivity index (χ0n) is 15.7. The van der Waals surface area contributed by atoms with Gasteiger partial charge in [-0.05, 0) is 50.2 Å². The highest BCUT2D eigenvalue weighted by atomic mass is 35.5. The average Bonchev–Trinajstić information content (AvgIpc) is 2.58. The molecule has 0 atom stereocenters. The van der Waals surface area contributed by atoms with E-state index in [0.717, 1.165) is 4.31 Å². The van der Waals surface area contributed by atoms with Gasteiger partial charge < -0.3 is 10.1 Å². The van der Waals surface area contributed by atoms with Gasteiger partial charge in [-0.1, -0.05) is 23.7 Å². The summed E-state index contributed by atoms with van der Waals surface area (Å²) in [4.78, 5) is 23.4. The molecule has 9 heteroatoms. The fourth-order valence-corrected chi connectivity index (χ4v) is 4.06. The van der Waals surface area contributed by atoms with Gasteiger partial charge in [-0.15, -0.1) is 0 Å². The number of esters is 1. The molecule has 2 rings (SSSR count). The minimum Gasteiger partial charge on any atom is -0.462 e. The summed E-state index contributed by atoms with van der Waals surface area (Å²) in [5.74, 6) is -1.03. The van der Waals surface area contributed by atoms with Crippen LogP contribution in [-0.4, -0.2) is 32.9 Å². The Morgan fingerprint density at radius 1 is 1.14 bits per heavy atom. The van der Waals surface area contributed by atoms with E-state index in [1.165, 1.54) is 37.3 Å². The quantitative estimate of drug-likeness (QED) is 0.687. The monoisotopic (exact) mass is 424 g/mol. The molecule has 0 aromatic heterocycles. The lowest BCUT2D eigenvalue weighted by atomic mass is 10.3. The summed E-state index contributed by atoms with van der Waals surface area (Å²) < 4.78 is 32.6. The van der Waals surface area contributed by atoms with Crippen molar-refractivity contribution >= 4 is 44.9 Å². The summed E-state index contributed by atoms with van der Waals surface area (Å²) in [5, 5.41) is 2.86. The molecule has 0 fully saturated rings. The molecule has 0 aliphatic carbocycles. The lowest BCUT2D eigenvalue weighted by Crippen LogP contribution is -2.37. The van der Waals surface area contributed by atoms with Crippen molar-refractivity contribution < 1.29 is 22.7 Å². The van der Waals surface area contributed by atoms with Crippen LogP contribution < -0.4 is 9.62 Å². The van der Waals surface area contributed by atoms with Crippen LogP contribution in [-0.2, 0) is 24.3 Å². The predicted molar refractivity (Wildman–Crippen MR) is 108 cm³/mol. The molecule has 7 nitrogen and oxygen atoms in total. The number of benzene rings is 2. The second kappa shape index (κ2) is 9.07. The molecule has 0 saturated heterocycles. The Morgan fingerprint density at radius 3 is 2.43 bits per heavy atom. The van der Waals surface area contributed by atoms with Crippen molar-refractivity contribution in [1.29, 1.82) is 0 Å². The normalized spacial score (nSPS) is 11.2. The van der Waals surface area contributed by atoms with Gasteiger partial charge in [0.2, 0.25) is 5.91 Å². The summed E-state index contributed by atoms with van der Waals surface area (Å²) in [6, 6.07) is 11.9. The highest BCUT2D eigenvalue weighted by molar-refractivity contribution is 7.92. The first-order valence-electron chi connectivity index (χ1n) is 8.45. The van der Waals surface area contributed by atoms with Gasteiger partial charge >= 0.3 is 5.97 Å². The van der Waals surface area contributed by atoms with E-state index in [4.69, 9.17) is 16.3 Å². The van der Waals surface area contributed by atoms with Crippen LogP contribution in [0, 0.1) is 0 Å². The van der Waals surface area contributed by atoms with E-state index >= 15 is 0 Å². The third-order valence-electron chi connectivity index (χ3n) is 3.48. The largest absolute Gasteiger partial charge is 0.462 e. The lowest BCUT2D eigenvalue weighted by Gasteiger charge is -2.24. The summed E-state index contributed by atoms with van der Waals surface area (Å²) in [6.07, 6.45) is -0.389. The predicted octanol–water partition coefficient (Wildman–Crippen LogP) is 3.45. The maximum absolute atomic E-state index is 13.3. The van der Waals surface area contributed by atoms with Crippen LogP contribution in [0.2, 0.25) is 5.02 Å². The minimum absolute atomic E-state index is 0.0870. The number of anilines is 2. The van der Waals surface area contributed by atoms with Crippen molar-refractivity contribution in [3.8, 4) is 0 Å². The number of hydrogen-bond donors (Lipinski definition) is 1. The van der Waals surface area contributed by atoms with Gasteiger partial charge in [0.1, 0.15) is 6.54 Å². The third-order valence-corrected chi connectivity index (χ3v) is 5.48. The van der Waals surface area contributed by atoms with E-state index in [9.17, 15) is 18.0 Å². The van der Waals surface area contributed by atoms with Crippen LogP contribution in [0.25, 0.3) is 0 Å². The van der Waals surface area contributed by atoms with Crippen molar-refractivity contribution in [2.75, 3.05) is 16.2 Å². The first-order chi connectivity index (χ1) is 13.1. The Balaban J connectivity index is 2.49. The van der Waals surface area contributed by atoms with Crippen LogP contribution in [0.1, 0.15) is 20.8 Å². The fraction of sp³-hybridized carbons (Fsp3) is 0.263. The number of nitrogens with zero attached hydrogens (tertiary/aromatic N) is 1. The number of rotatable bonds is 7. The summed E-state index contributed by atoms with van der Waals surface area (Å²) >= 11 is 6.00. The van der Waals surface area contributed by atoms with Crippen molar-refractivity contribution in [3.63, 3.8) is 0 Å². The molecule has 0 radical (unpaired) electrons. The number of carbonyl (C=O) groups excluding carboxylic acids is 2. The highest BCUT2D eigenvalue weighted by Gasteiger charge is 2.28. The number of amides is 1. The third kappa shape index (κ3) is 5.71. The van der Waals surface area contributed by atoms with Gasteiger partial charge in [0.25, 0.3) is 10.0 Å². The van der Waals surface area contributed by atoms with Crippen molar-refractivity contribution in [1.82, 2.24) is 0 Å².